The minimum atomic E-state index is -0.558. The van der Waals surface area contributed by atoms with Crippen LogP contribution in [-0.4, -0.2) is 19.7 Å². The molecular formula is C10H12FNO3. The molecular weight excluding hydrogens is 201 g/mol. The van der Waals surface area contributed by atoms with E-state index in [1.54, 1.807) is 6.07 Å². The predicted molar refractivity (Wildman–Crippen MR) is 51.8 cm³/mol. The van der Waals surface area contributed by atoms with Gasteiger partial charge in [-0.05, 0) is 17.7 Å². The maximum atomic E-state index is 13.3. The second kappa shape index (κ2) is 5.31. The summed E-state index contributed by atoms with van der Waals surface area (Å²) < 4.78 is 22.5. The van der Waals surface area contributed by atoms with E-state index < -0.39 is 11.8 Å². The van der Waals surface area contributed by atoms with Crippen molar-refractivity contribution in [2.45, 2.75) is 6.54 Å². The Kier molecular flexibility index (Phi) is 4.05. The number of hydrogen-bond acceptors (Lipinski definition) is 4. The molecule has 15 heavy (non-hydrogen) atoms. The number of hydrogen-bond donors (Lipinski definition) is 1. The van der Waals surface area contributed by atoms with E-state index in [9.17, 15) is 9.18 Å². The van der Waals surface area contributed by atoms with Crippen LogP contribution < -0.4 is 10.5 Å². The van der Waals surface area contributed by atoms with E-state index in [2.05, 4.69) is 4.74 Å². The summed E-state index contributed by atoms with van der Waals surface area (Å²) in [7, 11) is 1.24. The first-order valence-electron chi connectivity index (χ1n) is 4.35. The Balaban J connectivity index is 2.66. The molecule has 0 heterocycles. The average molecular weight is 213 g/mol. The Morgan fingerprint density at radius 3 is 2.80 bits per heavy atom. The average Bonchev–Trinajstić information content (AvgIpc) is 2.26. The highest BCUT2D eigenvalue weighted by molar-refractivity contribution is 5.70. The molecule has 0 aliphatic carbocycles. The lowest BCUT2D eigenvalue weighted by molar-refractivity contribution is -0.142. The van der Waals surface area contributed by atoms with Gasteiger partial charge in [-0.3, -0.25) is 0 Å². The van der Waals surface area contributed by atoms with Crippen LogP contribution in [0, 0.1) is 5.82 Å². The first-order valence-corrected chi connectivity index (χ1v) is 4.35. The lowest BCUT2D eigenvalue weighted by Crippen LogP contribution is -2.13. The van der Waals surface area contributed by atoms with Crippen molar-refractivity contribution in [3.05, 3.63) is 29.6 Å². The Bertz CT molecular complexity index is 355. The van der Waals surface area contributed by atoms with Crippen molar-refractivity contribution in [1.29, 1.82) is 0 Å². The van der Waals surface area contributed by atoms with Crippen LogP contribution in [0.3, 0.4) is 0 Å². The minimum absolute atomic E-state index is 0.0117. The van der Waals surface area contributed by atoms with Crippen LogP contribution >= 0.6 is 0 Å². The topological polar surface area (TPSA) is 61.5 Å². The zero-order valence-electron chi connectivity index (χ0n) is 8.33. The normalized spacial score (nSPS) is 9.80. The van der Waals surface area contributed by atoms with Gasteiger partial charge in [0.05, 0.1) is 7.11 Å². The third-order valence-electron chi connectivity index (χ3n) is 1.81. The monoisotopic (exact) mass is 213 g/mol. The lowest BCUT2D eigenvalue weighted by Gasteiger charge is -2.06. The molecule has 0 aliphatic heterocycles. The number of rotatable bonds is 4. The van der Waals surface area contributed by atoms with Crippen molar-refractivity contribution in [2.75, 3.05) is 13.7 Å². The quantitative estimate of drug-likeness (QED) is 0.753. The standard InChI is InChI=1S/C10H12FNO3/c1-14-10(13)6-15-9-3-2-7(5-12)4-8(9)11/h2-4H,5-6,12H2,1H3. The van der Waals surface area contributed by atoms with Crippen molar-refractivity contribution in [3.8, 4) is 5.75 Å². The third kappa shape index (κ3) is 3.21. The van der Waals surface area contributed by atoms with E-state index in [0.717, 1.165) is 0 Å². The zero-order valence-corrected chi connectivity index (χ0v) is 8.33. The van der Waals surface area contributed by atoms with Crippen molar-refractivity contribution < 1.29 is 18.7 Å². The minimum Gasteiger partial charge on any atom is -0.479 e. The smallest absolute Gasteiger partial charge is 0.343 e. The number of methoxy groups -OCH3 is 1. The van der Waals surface area contributed by atoms with Crippen LogP contribution in [0.15, 0.2) is 18.2 Å². The highest BCUT2D eigenvalue weighted by atomic mass is 19.1. The zero-order chi connectivity index (χ0) is 11.3. The molecule has 1 aromatic carbocycles. The molecule has 0 aliphatic rings. The fraction of sp³-hybridized carbons (Fsp3) is 0.300. The van der Waals surface area contributed by atoms with Crippen LogP contribution in [0.5, 0.6) is 5.75 Å². The molecule has 0 saturated heterocycles. The van der Waals surface area contributed by atoms with Crippen molar-refractivity contribution in [1.82, 2.24) is 0 Å². The molecule has 4 nitrogen and oxygen atoms in total. The van der Waals surface area contributed by atoms with E-state index in [0.29, 0.717) is 5.56 Å². The molecule has 0 amide bonds. The molecule has 0 bridgehead atoms. The molecule has 2 N–H and O–H groups in total. The molecule has 82 valence electrons. The summed E-state index contributed by atoms with van der Waals surface area (Å²) in [4.78, 5) is 10.7. The van der Waals surface area contributed by atoms with Gasteiger partial charge >= 0.3 is 5.97 Å². The van der Waals surface area contributed by atoms with Gasteiger partial charge in [0, 0.05) is 6.54 Å². The first-order chi connectivity index (χ1) is 7.17. The van der Waals surface area contributed by atoms with Gasteiger partial charge in [-0.2, -0.15) is 0 Å². The lowest BCUT2D eigenvalue weighted by atomic mass is 10.2. The SMILES string of the molecule is COC(=O)COc1ccc(CN)cc1F. The van der Waals surface area contributed by atoms with E-state index in [1.165, 1.54) is 19.2 Å². The molecule has 0 atom stereocenters. The third-order valence-corrected chi connectivity index (χ3v) is 1.81. The van der Waals surface area contributed by atoms with Crippen LogP contribution in [0.1, 0.15) is 5.56 Å². The van der Waals surface area contributed by atoms with E-state index in [-0.39, 0.29) is 18.9 Å². The first kappa shape index (κ1) is 11.5. The molecule has 0 unspecified atom stereocenters. The summed E-state index contributed by atoms with van der Waals surface area (Å²) in [5.41, 5.74) is 6.00. The fourth-order valence-corrected chi connectivity index (χ4v) is 0.984. The number of carbonyl (C=O) groups is 1. The number of nitrogens with two attached hydrogens (primary N) is 1. The van der Waals surface area contributed by atoms with Gasteiger partial charge in [0.2, 0.25) is 0 Å². The van der Waals surface area contributed by atoms with Crippen molar-refractivity contribution >= 4 is 5.97 Å². The highest BCUT2D eigenvalue weighted by Crippen LogP contribution is 2.17. The summed E-state index contributed by atoms with van der Waals surface area (Å²) in [6, 6.07) is 4.34. The molecule has 1 rings (SSSR count). The summed E-state index contributed by atoms with van der Waals surface area (Å²) in [5.74, 6) is -1.09. The van der Waals surface area contributed by atoms with E-state index in [1.807, 2.05) is 0 Å². The highest BCUT2D eigenvalue weighted by Gasteiger charge is 2.07. The maximum absolute atomic E-state index is 13.3. The van der Waals surface area contributed by atoms with Crippen LogP contribution in [-0.2, 0) is 16.1 Å². The number of esters is 1. The molecule has 0 aromatic heterocycles. The Morgan fingerprint density at radius 2 is 2.27 bits per heavy atom. The van der Waals surface area contributed by atoms with Gasteiger partial charge in [0.25, 0.3) is 0 Å². The molecule has 0 radical (unpaired) electrons. The summed E-state index contributed by atoms with van der Waals surface area (Å²) in [6.45, 7) is -0.0520. The summed E-state index contributed by atoms with van der Waals surface area (Å²) in [6.07, 6.45) is 0. The number of carbonyl (C=O) groups excluding carboxylic acids is 1. The van der Waals surface area contributed by atoms with Gasteiger partial charge in [-0.1, -0.05) is 6.07 Å². The van der Waals surface area contributed by atoms with E-state index >= 15 is 0 Å². The van der Waals surface area contributed by atoms with Crippen molar-refractivity contribution in [3.63, 3.8) is 0 Å². The van der Waals surface area contributed by atoms with Crippen LogP contribution in [0.4, 0.5) is 4.39 Å². The largest absolute Gasteiger partial charge is 0.479 e. The number of ether oxygens (including phenoxy) is 2. The predicted octanol–water partition coefficient (Wildman–Crippen LogP) is 0.836. The Labute approximate surface area is 86.8 Å². The number of benzene rings is 1. The van der Waals surface area contributed by atoms with Gasteiger partial charge in [0.15, 0.2) is 18.2 Å². The van der Waals surface area contributed by atoms with E-state index in [4.69, 9.17) is 10.5 Å². The second-order valence-corrected chi connectivity index (χ2v) is 2.83. The number of halogens is 1. The fourth-order valence-electron chi connectivity index (χ4n) is 0.984. The van der Waals surface area contributed by atoms with Gasteiger partial charge in [-0.15, -0.1) is 0 Å². The molecule has 1 aromatic rings. The molecule has 0 fully saturated rings. The van der Waals surface area contributed by atoms with Gasteiger partial charge < -0.3 is 15.2 Å². The van der Waals surface area contributed by atoms with Gasteiger partial charge in [-0.25, -0.2) is 9.18 Å². The van der Waals surface area contributed by atoms with Crippen LogP contribution in [0.2, 0.25) is 0 Å². The van der Waals surface area contributed by atoms with Crippen LogP contribution in [0.25, 0.3) is 0 Å². The Hall–Kier alpha value is -1.62. The Morgan fingerprint density at radius 1 is 1.53 bits per heavy atom. The second-order valence-electron chi connectivity index (χ2n) is 2.83. The maximum Gasteiger partial charge on any atom is 0.343 e. The summed E-state index contributed by atoms with van der Waals surface area (Å²) >= 11 is 0. The summed E-state index contributed by atoms with van der Waals surface area (Å²) in [5, 5.41) is 0. The molecule has 0 saturated carbocycles. The van der Waals surface area contributed by atoms with Crippen molar-refractivity contribution in [2.24, 2.45) is 5.73 Å². The molecule has 0 spiro atoms. The van der Waals surface area contributed by atoms with Gasteiger partial charge in [0.1, 0.15) is 0 Å². The molecule has 5 heteroatoms.